The van der Waals surface area contributed by atoms with E-state index < -0.39 is 0 Å². The molecule has 0 bridgehead atoms. The Morgan fingerprint density at radius 1 is 1.36 bits per heavy atom. The van der Waals surface area contributed by atoms with Crippen molar-refractivity contribution in [3.8, 4) is 0 Å². The molecule has 0 aromatic heterocycles. The second kappa shape index (κ2) is 9.10. The van der Waals surface area contributed by atoms with E-state index in [1.807, 2.05) is 19.9 Å². The highest BCUT2D eigenvalue weighted by molar-refractivity contribution is 7.97. The predicted octanol–water partition coefficient (Wildman–Crippen LogP) is 3.71. The summed E-state index contributed by atoms with van der Waals surface area (Å²) in [6.45, 7) is 10.8. The predicted molar refractivity (Wildman–Crippen MR) is 68.5 cm³/mol. The van der Waals surface area contributed by atoms with Crippen molar-refractivity contribution in [1.29, 1.82) is 0 Å². The van der Waals surface area contributed by atoms with Gasteiger partial charge < -0.3 is 0 Å². The first-order valence-electron chi connectivity index (χ1n) is 5.20. The highest BCUT2D eigenvalue weighted by Crippen LogP contribution is 2.20. The van der Waals surface area contributed by atoms with Gasteiger partial charge in [-0.1, -0.05) is 50.6 Å². The van der Waals surface area contributed by atoms with Crippen LogP contribution in [0.15, 0.2) is 36.0 Å². The summed E-state index contributed by atoms with van der Waals surface area (Å²) in [6.07, 6.45) is 7.30. The minimum absolute atomic E-state index is 0.973. The Balaban J connectivity index is 0.000000791. The van der Waals surface area contributed by atoms with Crippen LogP contribution in [-0.4, -0.2) is 12.3 Å². The van der Waals surface area contributed by atoms with Gasteiger partial charge in [-0.2, -0.15) is 0 Å². The first kappa shape index (κ1) is 13.5. The van der Waals surface area contributed by atoms with Crippen LogP contribution in [0, 0.1) is 0 Å². The first-order chi connectivity index (χ1) is 6.88. The molecule has 0 aromatic rings. The summed E-state index contributed by atoms with van der Waals surface area (Å²) in [5.74, 6) is 1.15. The first-order valence-corrected chi connectivity index (χ1v) is 6.19. The Morgan fingerprint density at radius 2 is 2.07 bits per heavy atom. The molecular formula is C12H21NS. The van der Waals surface area contributed by atoms with Crippen molar-refractivity contribution >= 4 is 11.9 Å². The van der Waals surface area contributed by atoms with E-state index >= 15 is 0 Å². The normalized spacial score (nSPS) is 22.5. The highest BCUT2D eigenvalue weighted by atomic mass is 32.2. The van der Waals surface area contributed by atoms with E-state index in [0.29, 0.717) is 0 Å². The fourth-order valence-corrected chi connectivity index (χ4v) is 1.98. The van der Waals surface area contributed by atoms with Crippen molar-refractivity contribution in [3.05, 3.63) is 36.0 Å². The largest absolute Gasteiger partial charge is 0.260 e. The third kappa shape index (κ3) is 4.68. The molecule has 2 heteroatoms. The second-order valence-corrected chi connectivity index (χ2v) is 3.65. The molecule has 1 heterocycles. The molecule has 1 aliphatic rings. The van der Waals surface area contributed by atoms with Gasteiger partial charge in [0.15, 0.2) is 0 Å². The van der Waals surface area contributed by atoms with Crippen molar-refractivity contribution < 1.29 is 0 Å². The molecule has 1 aliphatic heterocycles. The Bertz CT molecular complexity index is 216. The molecule has 0 aliphatic carbocycles. The van der Waals surface area contributed by atoms with Gasteiger partial charge in [-0.3, -0.25) is 4.72 Å². The van der Waals surface area contributed by atoms with Gasteiger partial charge >= 0.3 is 0 Å². The van der Waals surface area contributed by atoms with Gasteiger partial charge in [0.2, 0.25) is 0 Å². The zero-order valence-corrected chi connectivity index (χ0v) is 10.3. The molecule has 0 atom stereocenters. The van der Waals surface area contributed by atoms with Gasteiger partial charge in [0.25, 0.3) is 0 Å². The molecule has 1 saturated heterocycles. The molecule has 0 radical (unpaired) electrons. The monoisotopic (exact) mass is 211 g/mol. The second-order valence-electron chi connectivity index (χ2n) is 2.66. The summed E-state index contributed by atoms with van der Waals surface area (Å²) >= 11 is 1.80. The summed E-state index contributed by atoms with van der Waals surface area (Å²) < 4.78 is 3.31. The number of hydrogen-bond donors (Lipinski definition) is 1. The van der Waals surface area contributed by atoms with E-state index in [1.54, 1.807) is 11.9 Å². The fourth-order valence-electron chi connectivity index (χ4n) is 1.26. The summed E-state index contributed by atoms with van der Waals surface area (Å²) in [6, 6.07) is 0. The maximum atomic E-state index is 3.72. The third-order valence-electron chi connectivity index (χ3n) is 1.92. The van der Waals surface area contributed by atoms with Crippen molar-refractivity contribution in [2.24, 2.45) is 0 Å². The Hall–Kier alpha value is -0.470. The Kier molecular flexibility index (Phi) is 8.79. The van der Waals surface area contributed by atoms with Crippen LogP contribution in [0.2, 0.25) is 0 Å². The van der Waals surface area contributed by atoms with E-state index in [0.717, 1.165) is 18.7 Å². The van der Waals surface area contributed by atoms with Crippen LogP contribution < -0.4 is 4.72 Å². The highest BCUT2D eigenvalue weighted by Gasteiger charge is 2.07. The average molecular weight is 211 g/mol. The Labute approximate surface area is 92.5 Å². The lowest BCUT2D eigenvalue weighted by atomic mass is 10.0. The summed E-state index contributed by atoms with van der Waals surface area (Å²) in [7, 11) is 0. The van der Waals surface area contributed by atoms with E-state index in [1.165, 1.54) is 11.1 Å². The zero-order chi connectivity index (χ0) is 10.8. The number of hydrogen-bond acceptors (Lipinski definition) is 2. The third-order valence-corrected chi connectivity index (χ3v) is 2.67. The minimum atomic E-state index is 0.973. The van der Waals surface area contributed by atoms with Gasteiger partial charge in [0.05, 0.1) is 0 Å². The van der Waals surface area contributed by atoms with Crippen LogP contribution in [-0.2, 0) is 0 Å². The molecule has 0 unspecified atom stereocenters. The van der Waals surface area contributed by atoms with Gasteiger partial charge in [-0.05, 0) is 24.5 Å². The molecule has 0 aromatic carbocycles. The fraction of sp³-hybridized carbons (Fsp3) is 0.500. The van der Waals surface area contributed by atoms with Crippen LogP contribution in [0.3, 0.4) is 0 Å². The topological polar surface area (TPSA) is 12.0 Å². The van der Waals surface area contributed by atoms with Crippen LogP contribution >= 0.6 is 11.9 Å². The van der Waals surface area contributed by atoms with Crippen LogP contribution in [0.25, 0.3) is 0 Å². The van der Waals surface area contributed by atoms with Crippen molar-refractivity contribution in [1.82, 2.24) is 4.72 Å². The van der Waals surface area contributed by atoms with Crippen LogP contribution in [0.4, 0.5) is 0 Å². The Morgan fingerprint density at radius 3 is 2.64 bits per heavy atom. The average Bonchev–Trinajstić information content (AvgIpc) is 2.47. The molecule has 0 amide bonds. The van der Waals surface area contributed by atoms with Crippen LogP contribution in [0.1, 0.15) is 27.2 Å². The van der Waals surface area contributed by atoms with Crippen molar-refractivity contribution in [2.75, 3.05) is 12.3 Å². The molecule has 1 N–H and O–H groups in total. The van der Waals surface area contributed by atoms with E-state index in [2.05, 4.69) is 30.4 Å². The standard InChI is InChI=1S/C10H15NS.C2H6/c1-3-5-10-6-7-12-11-8-9(10)4-2;1-2/h3-5,11H,1,6-8H2,2H3;1-2H3/b9-4-,10-5-;. The lowest BCUT2D eigenvalue weighted by Crippen LogP contribution is -2.06. The molecule has 0 saturated carbocycles. The van der Waals surface area contributed by atoms with E-state index in [9.17, 15) is 0 Å². The maximum Gasteiger partial charge on any atom is 0.0309 e. The molecule has 80 valence electrons. The van der Waals surface area contributed by atoms with E-state index in [4.69, 9.17) is 0 Å². The van der Waals surface area contributed by atoms with Gasteiger partial charge in [-0.25, -0.2) is 0 Å². The zero-order valence-electron chi connectivity index (χ0n) is 9.47. The molecular weight excluding hydrogens is 190 g/mol. The van der Waals surface area contributed by atoms with Gasteiger partial charge in [0.1, 0.15) is 0 Å². The molecule has 1 fully saturated rings. The lowest BCUT2D eigenvalue weighted by Gasteiger charge is -2.04. The summed E-state index contributed by atoms with van der Waals surface area (Å²) in [4.78, 5) is 0. The quantitative estimate of drug-likeness (QED) is 0.664. The molecule has 0 spiro atoms. The SMILES string of the molecule is C=C/C=C1/CCSNC/C1=C/C.CC. The molecule has 14 heavy (non-hydrogen) atoms. The van der Waals surface area contributed by atoms with Crippen molar-refractivity contribution in [3.63, 3.8) is 0 Å². The number of nitrogens with one attached hydrogen (secondary N) is 1. The lowest BCUT2D eigenvalue weighted by molar-refractivity contribution is 1.04. The molecule has 1 nitrogen and oxygen atoms in total. The molecule has 1 rings (SSSR count). The number of allylic oxidation sites excluding steroid dienone is 3. The van der Waals surface area contributed by atoms with Gasteiger partial charge in [-0.15, -0.1) is 0 Å². The van der Waals surface area contributed by atoms with Crippen molar-refractivity contribution in [2.45, 2.75) is 27.2 Å². The smallest absolute Gasteiger partial charge is 0.0309 e. The van der Waals surface area contributed by atoms with E-state index in [-0.39, 0.29) is 0 Å². The summed E-state index contributed by atoms with van der Waals surface area (Å²) in [5.41, 5.74) is 2.82. The summed E-state index contributed by atoms with van der Waals surface area (Å²) in [5, 5.41) is 0. The van der Waals surface area contributed by atoms with Gasteiger partial charge in [0, 0.05) is 12.3 Å². The number of rotatable bonds is 1. The minimum Gasteiger partial charge on any atom is -0.260 e. The van der Waals surface area contributed by atoms with Crippen LogP contribution in [0.5, 0.6) is 0 Å². The maximum absolute atomic E-state index is 3.72.